The highest BCUT2D eigenvalue weighted by molar-refractivity contribution is 7.99. The summed E-state index contributed by atoms with van der Waals surface area (Å²) in [6.45, 7) is 1.97. The molecule has 4 rings (SSSR count). The highest BCUT2D eigenvalue weighted by Crippen LogP contribution is 2.27. The number of aromatic amines is 1. The van der Waals surface area contributed by atoms with Crippen LogP contribution in [0, 0.1) is 0 Å². The van der Waals surface area contributed by atoms with Crippen LogP contribution in [0.4, 0.5) is 11.4 Å². The van der Waals surface area contributed by atoms with Gasteiger partial charge in [0.25, 0.3) is 0 Å². The van der Waals surface area contributed by atoms with E-state index in [1.807, 2.05) is 54.6 Å². The van der Waals surface area contributed by atoms with Crippen molar-refractivity contribution >= 4 is 39.1 Å². The number of carbonyl (C=O) groups excluding carboxylic acids is 1. The molecule has 0 unspecified atom stereocenters. The van der Waals surface area contributed by atoms with Crippen LogP contribution >= 0.6 is 11.8 Å². The normalized spacial score (nSPS) is 15.0. The summed E-state index contributed by atoms with van der Waals surface area (Å²) < 4.78 is 25.0. The predicted octanol–water partition coefficient (Wildman–Crippen LogP) is 2.28. The molecule has 1 amide bonds. The topological polar surface area (TPSA) is 111 Å². The molecule has 1 aromatic heterocycles. The van der Waals surface area contributed by atoms with E-state index < -0.39 is 10.0 Å². The number of para-hydroxylation sites is 2. The molecule has 0 saturated carbocycles. The van der Waals surface area contributed by atoms with Crippen molar-refractivity contribution in [3.8, 4) is 11.4 Å². The fourth-order valence-corrected chi connectivity index (χ4v) is 4.89. The zero-order valence-corrected chi connectivity index (χ0v) is 19.2. The molecule has 1 saturated heterocycles. The Hall–Kier alpha value is -2.89. The number of hydrogen-bond donors (Lipinski definition) is 2. The van der Waals surface area contributed by atoms with Gasteiger partial charge in [0.15, 0.2) is 5.82 Å². The molecular weight excluding hydrogens is 448 g/mol. The van der Waals surface area contributed by atoms with Crippen molar-refractivity contribution in [2.45, 2.75) is 5.16 Å². The lowest BCUT2D eigenvalue weighted by molar-refractivity contribution is -0.113. The predicted molar refractivity (Wildman–Crippen MR) is 126 cm³/mol. The number of amides is 1. The van der Waals surface area contributed by atoms with Gasteiger partial charge in [0.2, 0.25) is 21.1 Å². The van der Waals surface area contributed by atoms with E-state index in [0.29, 0.717) is 42.8 Å². The van der Waals surface area contributed by atoms with Crippen molar-refractivity contribution in [3.63, 3.8) is 0 Å². The van der Waals surface area contributed by atoms with Crippen molar-refractivity contribution in [1.29, 1.82) is 0 Å². The lowest BCUT2D eigenvalue weighted by Crippen LogP contribution is -2.48. The number of hydrogen-bond acceptors (Lipinski definition) is 7. The van der Waals surface area contributed by atoms with Crippen molar-refractivity contribution < 1.29 is 13.2 Å². The molecule has 168 valence electrons. The standard InChI is InChI=1S/C21H24N6O3S2/c1-32(29,30)27-13-11-26(12-14-27)18-10-6-5-9-17(18)22-19(28)15-31-21-23-20(24-25-21)16-7-3-2-4-8-16/h2-10H,11-15H2,1H3,(H,22,28)(H,23,24,25). The first kappa shape index (κ1) is 22.3. The third kappa shape index (κ3) is 5.47. The summed E-state index contributed by atoms with van der Waals surface area (Å²) in [4.78, 5) is 19.1. The Kier molecular flexibility index (Phi) is 6.77. The summed E-state index contributed by atoms with van der Waals surface area (Å²) in [6, 6.07) is 17.2. The molecule has 11 heteroatoms. The summed E-state index contributed by atoms with van der Waals surface area (Å²) in [5.74, 6) is 0.665. The second kappa shape index (κ2) is 9.72. The minimum absolute atomic E-state index is 0.164. The third-order valence-electron chi connectivity index (χ3n) is 5.07. The maximum Gasteiger partial charge on any atom is 0.234 e. The van der Waals surface area contributed by atoms with Crippen LogP contribution in [0.2, 0.25) is 0 Å². The van der Waals surface area contributed by atoms with E-state index in [1.165, 1.54) is 22.3 Å². The molecule has 0 spiro atoms. The summed E-state index contributed by atoms with van der Waals surface area (Å²) in [5, 5.41) is 10.5. The zero-order valence-electron chi connectivity index (χ0n) is 17.6. The van der Waals surface area contributed by atoms with Crippen molar-refractivity contribution in [3.05, 3.63) is 54.6 Å². The lowest BCUT2D eigenvalue weighted by atomic mass is 10.2. The summed E-state index contributed by atoms with van der Waals surface area (Å²) in [6.07, 6.45) is 1.23. The quantitative estimate of drug-likeness (QED) is 0.508. The van der Waals surface area contributed by atoms with Crippen molar-refractivity contribution in [2.75, 3.05) is 48.4 Å². The fourth-order valence-electron chi connectivity index (χ4n) is 3.47. The summed E-state index contributed by atoms with van der Waals surface area (Å²) in [7, 11) is -3.19. The Balaban J connectivity index is 1.35. The van der Waals surface area contributed by atoms with Gasteiger partial charge in [-0.2, -0.15) is 4.31 Å². The molecule has 32 heavy (non-hydrogen) atoms. The highest BCUT2D eigenvalue weighted by Gasteiger charge is 2.24. The summed E-state index contributed by atoms with van der Waals surface area (Å²) in [5.41, 5.74) is 2.51. The molecular formula is C21H24N6O3S2. The first-order chi connectivity index (χ1) is 15.4. The number of aromatic nitrogens is 3. The fraction of sp³-hybridized carbons (Fsp3) is 0.286. The van der Waals surface area contributed by atoms with E-state index in [2.05, 4.69) is 25.4 Å². The van der Waals surface area contributed by atoms with Gasteiger partial charge >= 0.3 is 0 Å². The maximum atomic E-state index is 12.6. The number of H-pyrrole nitrogens is 1. The number of sulfonamides is 1. The SMILES string of the molecule is CS(=O)(=O)N1CCN(c2ccccc2NC(=O)CSc2n[nH]c(-c3ccccc3)n2)CC1. The Morgan fingerprint density at radius 2 is 1.75 bits per heavy atom. The third-order valence-corrected chi connectivity index (χ3v) is 7.22. The Labute approximate surface area is 191 Å². The van der Waals surface area contributed by atoms with Crippen molar-refractivity contribution in [2.24, 2.45) is 0 Å². The average Bonchev–Trinajstić information content (AvgIpc) is 3.27. The van der Waals surface area contributed by atoms with Gasteiger partial charge in [0.05, 0.1) is 23.4 Å². The molecule has 2 aromatic carbocycles. The van der Waals surface area contributed by atoms with E-state index in [-0.39, 0.29) is 11.7 Å². The first-order valence-corrected chi connectivity index (χ1v) is 12.9. The van der Waals surface area contributed by atoms with Crippen LogP contribution in [-0.2, 0) is 14.8 Å². The van der Waals surface area contributed by atoms with E-state index in [1.54, 1.807) is 0 Å². The van der Waals surface area contributed by atoms with E-state index in [4.69, 9.17) is 0 Å². The number of anilines is 2. The number of piperazine rings is 1. The highest BCUT2D eigenvalue weighted by atomic mass is 32.2. The van der Waals surface area contributed by atoms with Gasteiger partial charge in [-0.15, -0.1) is 5.10 Å². The van der Waals surface area contributed by atoms with Gasteiger partial charge in [-0.3, -0.25) is 9.89 Å². The summed E-state index contributed by atoms with van der Waals surface area (Å²) >= 11 is 1.26. The van der Waals surface area contributed by atoms with Crippen molar-refractivity contribution in [1.82, 2.24) is 19.5 Å². The van der Waals surface area contributed by atoms with Crippen LogP contribution in [0.1, 0.15) is 0 Å². The van der Waals surface area contributed by atoms with E-state index in [0.717, 1.165) is 11.3 Å². The first-order valence-electron chi connectivity index (χ1n) is 10.1. The van der Waals surface area contributed by atoms with Gasteiger partial charge in [-0.1, -0.05) is 54.2 Å². The van der Waals surface area contributed by atoms with E-state index in [9.17, 15) is 13.2 Å². The smallest absolute Gasteiger partial charge is 0.234 e. The van der Waals surface area contributed by atoms with Crippen LogP contribution in [0.15, 0.2) is 59.8 Å². The van der Waals surface area contributed by atoms with Crippen LogP contribution in [-0.4, -0.2) is 72.0 Å². The van der Waals surface area contributed by atoms with Crippen LogP contribution in [0.5, 0.6) is 0 Å². The minimum atomic E-state index is -3.19. The Morgan fingerprint density at radius 3 is 2.47 bits per heavy atom. The number of nitrogens with one attached hydrogen (secondary N) is 2. The molecule has 1 fully saturated rings. The molecule has 1 aliphatic heterocycles. The number of thioether (sulfide) groups is 1. The molecule has 0 atom stereocenters. The number of carbonyl (C=O) groups is 1. The minimum Gasteiger partial charge on any atom is -0.367 e. The number of nitrogens with zero attached hydrogens (tertiary/aromatic N) is 4. The van der Waals surface area contributed by atoms with Crippen LogP contribution in [0.25, 0.3) is 11.4 Å². The zero-order chi connectivity index (χ0) is 22.6. The van der Waals surface area contributed by atoms with Gasteiger partial charge in [-0.25, -0.2) is 13.4 Å². The maximum absolute atomic E-state index is 12.6. The van der Waals surface area contributed by atoms with Gasteiger partial charge < -0.3 is 10.2 Å². The molecule has 9 nitrogen and oxygen atoms in total. The average molecular weight is 473 g/mol. The molecule has 0 aliphatic carbocycles. The van der Waals surface area contributed by atoms with Gasteiger partial charge in [-0.05, 0) is 12.1 Å². The molecule has 3 aromatic rings. The van der Waals surface area contributed by atoms with Crippen LogP contribution < -0.4 is 10.2 Å². The second-order valence-electron chi connectivity index (χ2n) is 7.34. The lowest BCUT2D eigenvalue weighted by Gasteiger charge is -2.35. The Bertz CT molecular complexity index is 1180. The number of benzene rings is 2. The van der Waals surface area contributed by atoms with E-state index >= 15 is 0 Å². The largest absolute Gasteiger partial charge is 0.367 e. The molecule has 0 bridgehead atoms. The molecule has 0 radical (unpaired) electrons. The van der Waals surface area contributed by atoms with Crippen LogP contribution in [0.3, 0.4) is 0 Å². The molecule has 1 aliphatic rings. The number of rotatable bonds is 7. The monoisotopic (exact) mass is 472 g/mol. The van der Waals surface area contributed by atoms with Gasteiger partial charge in [0, 0.05) is 31.7 Å². The second-order valence-corrected chi connectivity index (χ2v) is 10.3. The molecule has 2 heterocycles. The Morgan fingerprint density at radius 1 is 1.06 bits per heavy atom. The van der Waals surface area contributed by atoms with Gasteiger partial charge in [0.1, 0.15) is 0 Å². The molecule has 2 N–H and O–H groups in total.